The van der Waals surface area contributed by atoms with Crippen molar-refractivity contribution in [3.63, 3.8) is 0 Å². The molecule has 0 saturated heterocycles. The zero-order valence-electron chi connectivity index (χ0n) is 9.27. The predicted molar refractivity (Wildman–Crippen MR) is 61.1 cm³/mol. The van der Waals surface area contributed by atoms with Gasteiger partial charge in [-0.2, -0.15) is 0 Å². The van der Waals surface area contributed by atoms with Gasteiger partial charge in [-0.15, -0.1) is 0 Å². The number of hydrogen-bond donors (Lipinski definition) is 2. The monoisotopic (exact) mass is 236 g/mol. The van der Waals surface area contributed by atoms with Gasteiger partial charge < -0.3 is 10.4 Å². The van der Waals surface area contributed by atoms with Crippen molar-refractivity contribution in [3.05, 3.63) is 33.9 Å². The Hall–Kier alpha value is -2.11. The number of aryl methyl sites for hydroxylation is 1. The number of nitro groups is 1. The maximum Gasteiger partial charge on any atom is 0.329 e. The number of hydrogen-bond acceptors (Lipinski definition) is 4. The molecule has 6 heteroatoms. The van der Waals surface area contributed by atoms with E-state index in [1.165, 1.54) is 12.1 Å². The van der Waals surface area contributed by atoms with E-state index >= 15 is 0 Å². The number of nitro benzene ring substituents is 1. The van der Waals surface area contributed by atoms with Crippen molar-refractivity contribution < 1.29 is 14.8 Å². The zero-order valence-corrected chi connectivity index (χ0v) is 9.27. The van der Waals surface area contributed by atoms with Gasteiger partial charge in [0.2, 0.25) is 0 Å². The van der Waals surface area contributed by atoms with Crippen LogP contribution in [0.25, 0.3) is 0 Å². The van der Waals surface area contributed by atoms with Crippen LogP contribution in [0.5, 0.6) is 0 Å². The third-order valence-corrected chi connectivity index (χ3v) is 2.95. The molecule has 0 radical (unpaired) electrons. The summed E-state index contributed by atoms with van der Waals surface area (Å²) in [4.78, 5) is 21.1. The summed E-state index contributed by atoms with van der Waals surface area (Å²) in [7, 11) is 0. The van der Waals surface area contributed by atoms with Gasteiger partial charge in [-0.05, 0) is 31.4 Å². The molecule has 1 aliphatic rings. The van der Waals surface area contributed by atoms with Crippen LogP contribution in [0.2, 0.25) is 0 Å². The van der Waals surface area contributed by atoms with Crippen LogP contribution in [0.4, 0.5) is 11.4 Å². The van der Waals surface area contributed by atoms with E-state index in [4.69, 9.17) is 5.11 Å². The number of rotatable bonds is 4. The Morgan fingerprint density at radius 3 is 2.59 bits per heavy atom. The molecule has 0 spiro atoms. The van der Waals surface area contributed by atoms with Crippen LogP contribution < -0.4 is 5.32 Å². The number of carboxylic acid groups (broad SMARTS) is 1. The number of nitrogens with one attached hydrogen (secondary N) is 1. The average Bonchev–Trinajstić information content (AvgIpc) is 3.02. The molecule has 1 fully saturated rings. The fraction of sp³-hybridized carbons (Fsp3) is 0.364. The van der Waals surface area contributed by atoms with Crippen LogP contribution >= 0.6 is 0 Å². The molecule has 6 nitrogen and oxygen atoms in total. The molecule has 0 atom stereocenters. The fourth-order valence-corrected chi connectivity index (χ4v) is 1.68. The lowest BCUT2D eigenvalue weighted by Gasteiger charge is -2.15. The van der Waals surface area contributed by atoms with Gasteiger partial charge in [0.1, 0.15) is 5.54 Å². The quantitative estimate of drug-likeness (QED) is 0.615. The summed E-state index contributed by atoms with van der Waals surface area (Å²) in [6, 6.07) is 4.35. The Morgan fingerprint density at radius 1 is 1.53 bits per heavy atom. The summed E-state index contributed by atoms with van der Waals surface area (Å²) in [5.41, 5.74) is 0.441. The summed E-state index contributed by atoms with van der Waals surface area (Å²) in [5.74, 6) is -0.879. The SMILES string of the molecule is Cc1cc([N+](=O)[O-])ccc1NC1(C(=O)O)CC1. The minimum atomic E-state index is -0.879. The van der Waals surface area contributed by atoms with Crippen LogP contribution in [-0.2, 0) is 4.79 Å². The minimum Gasteiger partial charge on any atom is -0.480 e. The van der Waals surface area contributed by atoms with Gasteiger partial charge in [0.05, 0.1) is 4.92 Å². The zero-order chi connectivity index (χ0) is 12.6. The van der Waals surface area contributed by atoms with E-state index in [0.29, 0.717) is 24.1 Å². The molecule has 0 bridgehead atoms. The van der Waals surface area contributed by atoms with Crippen molar-refractivity contribution in [1.82, 2.24) is 0 Å². The van der Waals surface area contributed by atoms with Crippen molar-refractivity contribution >= 4 is 17.3 Å². The summed E-state index contributed by atoms with van der Waals surface area (Å²) >= 11 is 0. The molecule has 1 aromatic carbocycles. The van der Waals surface area contributed by atoms with E-state index in [1.54, 1.807) is 13.0 Å². The van der Waals surface area contributed by atoms with E-state index in [-0.39, 0.29) is 5.69 Å². The summed E-state index contributed by atoms with van der Waals surface area (Å²) in [6.45, 7) is 1.72. The molecule has 0 heterocycles. The van der Waals surface area contributed by atoms with Crippen molar-refractivity contribution in [1.29, 1.82) is 0 Å². The first-order chi connectivity index (χ1) is 7.94. The summed E-state index contributed by atoms with van der Waals surface area (Å²) in [5, 5.41) is 22.5. The predicted octanol–water partition coefficient (Wildman–Crippen LogP) is 1.93. The van der Waals surface area contributed by atoms with E-state index in [2.05, 4.69) is 5.32 Å². The van der Waals surface area contributed by atoms with Crippen molar-refractivity contribution in [2.45, 2.75) is 25.3 Å². The molecule has 0 amide bonds. The van der Waals surface area contributed by atoms with Crippen molar-refractivity contribution in [3.8, 4) is 0 Å². The molecule has 0 unspecified atom stereocenters. The second kappa shape index (κ2) is 3.73. The maximum absolute atomic E-state index is 11.0. The summed E-state index contributed by atoms with van der Waals surface area (Å²) < 4.78 is 0. The van der Waals surface area contributed by atoms with Gasteiger partial charge >= 0.3 is 5.97 Å². The van der Waals surface area contributed by atoms with Gasteiger partial charge in [-0.1, -0.05) is 0 Å². The molecule has 0 aliphatic heterocycles. The Balaban J connectivity index is 2.23. The number of non-ortho nitro benzene ring substituents is 1. The van der Waals surface area contributed by atoms with Crippen LogP contribution in [0.3, 0.4) is 0 Å². The normalized spacial score (nSPS) is 16.3. The topological polar surface area (TPSA) is 92.5 Å². The molecule has 1 aliphatic carbocycles. The second-order valence-electron chi connectivity index (χ2n) is 4.27. The number of benzene rings is 1. The third kappa shape index (κ3) is 2.06. The minimum absolute atomic E-state index is 0.00761. The highest BCUT2D eigenvalue weighted by Gasteiger charge is 2.50. The van der Waals surface area contributed by atoms with Crippen LogP contribution in [0.15, 0.2) is 18.2 Å². The van der Waals surface area contributed by atoms with Gasteiger partial charge in [-0.3, -0.25) is 10.1 Å². The number of nitrogens with zero attached hydrogens (tertiary/aromatic N) is 1. The van der Waals surface area contributed by atoms with Crippen molar-refractivity contribution in [2.24, 2.45) is 0 Å². The van der Waals surface area contributed by atoms with Crippen molar-refractivity contribution in [2.75, 3.05) is 5.32 Å². The number of carbonyl (C=O) groups is 1. The lowest BCUT2D eigenvalue weighted by molar-refractivity contribution is -0.384. The Labute approximate surface area is 97.4 Å². The first kappa shape index (κ1) is 11.4. The van der Waals surface area contributed by atoms with Crippen LogP contribution in [0.1, 0.15) is 18.4 Å². The molecule has 1 aromatic rings. The van der Waals surface area contributed by atoms with Gasteiger partial charge in [0.25, 0.3) is 5.69 Å². The Morgan fingerprint density at radius 2 is 2.18 bits per heavy atom. The average molecular weight is 236 g/mol. The first-order valence-electron chi connectivity index (χ1n) is 5.21. The molecule has 2 N–H and O–H groups in total. The third-order valence-electron chi connectivity index (χ3n) is 2.95. The van der Waals surface area contributed by atoms with E-state index in [9.17, 15) is 14.9 Å². The largest absolute Gasteiger partial charge is 0.480 e. The molecule has 0 aromatic heterocycles. The highest BCUT2D eigenvalue weighted by molar-refractivity contribution is 5.86. The maximum atomic E-state index is 11.0. The second-order valence-corrected chi connectivity index (χ2v) is 4.27. The highest BCUT2D eigenvalue weighted by Crippen LogP contribution is 2.40. The standard InChI is InChI=1S/C11H12N2O4/c1-7-6-8(13(16)17)2-3-9(7)12-11(4-5-11)10(14)15/h2-3,6,12H,4-5H2,1H3,(H,14,15). The number of anilines is 1. The molecule has 90 valence electrons. The van der Waals surface area contributed by atoms with Gasteiger partial charge in [0, 0.05) is 17.8 Å². The highest BCUT2D eigenvalue weighted by atomic mass is 16.6. The van der Waals surface area contributed by atoms with Crippen LogP contribution in [0, 0.1) is 17.0 Å². The molecular formula is C11H12N2O4. The lowest BCUT2D eigenvalue weighted by atomic mass is 10.1. The first-order valence-corrected chi connectivity index (χ1v) is 5.21. The molecular weight excluding hydrogens is 224 g/mol. The Bertz CT molecular complexity index is 494. The van der Waals surface area contributed by atoms with Crippen LogP contribution in [-0.4, -0.2) is 21.5 Å². The number of carboxylic acids is 1. The van der Waals surface area contributed by atoms with Gasteiger partial charge in [0.15, 0.2) is 0 Å². The number of aliphatic carboxylic acids is 1. The van der Waals surface area contributed by atoms with Gasteiger partial charge in [-0.25, -0.2) is 4.79 Å². The smallest absolute Gasteiger partial charge is 0.329 e. The lowest BCUT2D eigenvalue weighted by Crippen LogP contribution is -2.31. The molecule has 17 heavy (non-hydrogen) atoms. The van der Waals surface area contributed by atoms with E-state index in [0.717, 1.165) is 0 Å². The fourth-order valence-electron chi connectivity index (χ4n) is 1.68. The Kier molecular flexibility index (Phi) is 2.49. The van der Waals surface area contributed by atoms with E-state index in [1.807, 2.05) is 0 Å². The summed E-state index contributed by atoms with van der Waals surface area (Å²) in [6.07, 6.45) is 1.16. The molecule has 1 saturated carbocycles. The molecule has 2 rings (SSSR count). The van der Waals surface area contributed by atoms with E-state index < -0.39 is 16.4 Å².